The highest BCUT2D eigenvalue weighted by atomic mass is 16.6. The summed E-state index contributed by atoms with van der Waals surface area (Å²) in [7, 11) is 0. The van der Waals surface area contributed by atoms with Crippen molar-refractivity contribution >= 4 is 29.8 Å². The molecule has 4 aromatic carbocycles. The number of ether oxygens (including phenoxy) is 2. The van der Waals surface area contributed by atoms with Gasteiger partial charge in [0.1, 0.15) is 13.2 Å². The Morgan fingerprint density at radius 3 is 1.62 bits per heavy atom. The zero-order valence-corrected chi connectivity index (χ0v) is 23.7. The number of hydrogen-bond donors (Lipinski definition) is 4. The Labute approximate surface area is 257 Å². The molecule has 0 atom stereocenters. The zero-order valence-electron chi connectivity index (χ0n) is 23.7. The van der Waals surface area contributed by atoms with Crippen molar-refractivity contribution < 1.29 is 48.5 Å². The fraction of sp³-hybridized carbons (Fsp3) is 0.121. The zero-order chi connectivity index (χ0) is 32.2. The van der Waals surface area contributed by atoms with E-state index in [1.165, 1.54) is 24.3 Å². The summed E-state index contributed by atoms with van der Waals surface area (Å²) < 4.78 is 10.6. The predicted octanol–water partition coefficient (Wildman–Crippen LogP) is 4.21. The van der Waals surface area contributed by atoms with Crippen LogP contribution in [0.4, 0.5) is 0 Å². The first-order valence-corrected chi connectivity index (χ1v) is 13.5. The van der Waals surface area contributed by atoms with E-state index in [0.717, 1.165) is 23.3 Å². The first-order valence-electron chi connectivity index (χ1n) is 13.5. The van der Waals surface area contributed by atoms with E-state index < -0.39 is 29.8 Å². The van der Waals surface area contributed by atoms with Crippen molar-refractivity contribution in [3.05, 3.63) is 142 Å². The number of rotatable bonds is 14. The number of carboxylic acid groups (broad SMARTS) is 2. The van der Waals surface area contributed by atoms with Crippen LogP contribution in [0.3, 0.4) is 0 Å². The molecule has 0 fully saturated rings. The van der Waals surface area contributed by atoms with Gasteiger partial charge in [0.15, 0.2) is 0 Å². The van der Waals surface area contributed by atoms with Crippen LogP contribution in [0.2, 0.25) is 0 Å². The summed E-state index contributed by atoms with van der Waals surface area (Å²) in [6, 6.07) is 25.4. The van der Waals surface area contributed by atoms with Crippen molar-refractivity contribution in [1.29, 1.82) is 0 Å². The van der Waals surface area contributed by atoms with E-state index in [2.05, 4.69) is 10.8 Å². The summed E-state index contributed by atoms with van der Waals surface area (Å²) in [6.45, 7) is -0.596. The molecule has 45 heavy (non-hydrogen) atoms. The number of carbonyl (C=O) groups excluding carboxylic acids is 3. The van der Waals surface area contributed by atoms with Gasteiger partial charge in [-0.05, 0) is 53.1 Å². The number of hydroxylamine groups is 1. The van der Waals surface area contributed by atoms with Gasteiger partial charge in [0, 0.05) is 0 Å². The molecule has 0 saturated carbocycles. The molecule has 0 aromatic heterocycles. The van der Waals surface area contributed by atoms with Gasteiger partial charge in [-0.2, -0.15) is 5.48 Å². The molecular formula is C33H28N2O10. The Kier molecular flexibility index (Phi) is 11.1. The summed E-state index contributed by atoms with van der Waals surface area (Å²) >= 11 is 0. The first kappa shape index (κ1) is 32.1. The molecule has 0 aliphatic rings. The predicted molar refractivity (Wildman–Crippen MR) is 158 cm³/mol. The van der Waals surface area contributed by atoms with E-state index in [4.69, 9.17) is 14.3 Å². The molecule has 0 saturated heterocycles. The third-order valence-corrected chi connectivity index (χ3v) is 6.38. The second-order valence-corrected chi connectivity index (χ2v) is 9.48. The van der Waals surface area contributed by atoms with Crippen LogP contribution >= 0.6 is 0 Å². The Bertz CT molecular complexity index is 1690. The van der Waals surface area contributed by atoms with Crippen molar-refractivity contribution in [2.24, 2.45) is 0 Å². The molecule has 0 spiro atoms. The molecule has 12 heteroatoms. The lowest BCUT2D eigenvalue weighted by atomic mass is 10.0. The second-order valence-electron chi connectivity index (χ2n) is 9.48. The molecule has 0 aliphatic heterocycles. The van der Waals surface area contributed by atoms with E-state index in [1.807, 2.05) is 24.3 Å². The van der Waals surface area contributed by atoms with Crippen molar-refractivity contribution in [2.75, 3.05) is 6.67 Å². The number of benzene rings is 4. The minimum Gasteiger partial charge on any atom is -0.478 e. The van der Waals surface area contributed by atoms with Crippen molar-refractivity contribution in [1.82, 2.24) is 10.8 Å². The van der Waals surface area contributed by atoms with Crippen LogP contribution in [0, 0.1) is 0 Å². The summed E-state index contributed by atoms with van der Waals surface area (Å²) in [5.74, 6) is -4.84. The molecule has 1 amide bonds. The van der Waals surface area contributed by atoms with Crippen molar-refractivity contribution in [3.8, 4) is 0 Å². The third-order valence-electron chi connectivity index (χ3n) is 6.38. The van der Waals surface area contributed by atoms with Gasteiger partial charge in [-0.1, -0.05) is 60.7 Å². The molecule has 12 nitrogen and oxygen atoms in total. The van der Waals surface area contributed by atoms with E-state index in [9.17, 15) is 34.2 Å². The smallest absolute Gasteiger partial charge is 0.338 e. The fourth-order valence-electron chi connectivity index (χ4n) is 4.10. The minimum absolute atomic E-state index is 0.00941. The van der Waals surface area contributed by atoms with Gasteiger partial charge in [-0.3, -0.25) is 9.63 Å². The average Bonchev–Trinajstić information content (AvgIpc) is 3.06. The molecule has 0 aliphatic carbocycles. The van der Waals surface area contributed by atoms with Crippen LogP contribution in [-0.2, 0) is 34.1 Å². The molecule has 0 heterocycles. The maximum atomic E-state index is 12.8. The summed E-state index contributed by atoms with van der Waals surface area (Å²) in [5, 5.41) is 21.5. The summed E-state index contributed by atoms with van der Waals surface area (Å²) in [6.07, 6.45) is 0. The molecule has 0 bridgehead atoms. The Balaban J connectivity index is 1.33. The van der Waals surface area contributed by atoms with Gasteiger partial charge in [0.05, 0.1) is 41.1 Å². The quantitative estimate of drug-likeness (QED) is 0.0694. The lowest BCUT2D eigenvalue weighted by Gasteiger charge is -2.12. The van der Waals surface area contributed by atoms with Crippen LogP contribution in [0.5, 0.6) is 0 Å². The topological polar surface area (TPSA) is 178 Å². The number of carbonyl (C=O) groups is 5. The first-order chi connectivity index (χ1) is 21.7. The summed E-state index contributed by atoms with van der Waals surface area (Å²) in [5.41, 5.74) is 3.50. The molecular weight excluding hydrogens is 584 g/mol. The van der Waals surface area contributed by atoms with Gasteiger partial charge in [0.25, 0.3) is 5.91 Å². The van der Waals surface area contributed by atoms with E-state index in [0.29, 0.717) is 0 Å². The van der Waals surface area contributed by atoms with Gasteiger partial charge in [-0.25, -0.2) is 19.2 Å². The highest BCUT2D eigenvalue weighted by molar-refractivity contribution is 6.06. The Morgan fingerprint density at radius 1 is 0.578 bits per heavy atom. The highest BCUT2D eigenvalue weighted by Crippen LogP contribution is 2.17. The van der Waals surface area contributed by atoms with Gasteiger partial charge in [0.2, 0.25) is 0 Å². The number of esters is 2. The summed E-state index contributed by atoms with van der Waals surface area (Å²) in [4.78, 5) is 66.6. The van der Waals surface area contributed by atoms with Gasteiger partial charge < -0.3 is 25.0 Å². The molecule has 4 rings (SSSR count). The number of amides is 1. The number of nitrogens with one attached hydrogen (secondary N) is 2. The lowest BCUT2D eigenvalue weighted by molar-refractivity contribution is 0.0224. The monoisotopic (exact) mass is 612 g/mol. The van der Waals surface area contributed by atoms with Crippen molar-refractivity contribution in [2.45, 2.75) is 19.8 Å². The SMILES string of the molecule is O=C(OCc1ccccc1)c1ccc(C(=O)O)c(CONCNC(=O)c2cc(C(=O)OCc3ccccc3)ccc2C(=O)O)c1. The normalized spacial score (nSPS) is 10.5. The van der Waals surface area contributed by atoms with Crippen molar-refractivity contribution in [3.63, 3.8) is 0 Å². The highest BCUT2D eigenvalue weighted by Gasteiger charge is 2.20. The average molecular weight is 613 g/mol. The number of aromatic carboxylic acids is 2. The van der Waals surface area contributed by atoms with E-state index in [-0.39, 0.29) is 59.9 Å². The van der Waals surface area contributed by atoms with Crippen LogP contribution < -0.4 is 10.8 Å². The molecule has 4 N–H and O–H groups in total. The van der Waals surface area contributed by atoms with Crippen LogP contribution in [0.25, 0.3) is 0 Å². The second kappa shape index (κ2) is 15.6. The van der Waals surface area contributed by atoms with Gasteiger partial charge in [-0.15, -0.1) is 0 Å². The third kappa shape index (κ3) is 9.07. The van der Waals surface area contributed by atoms with Crippen LogP contribution in [-0.4, -0.2) is 46.7 Å². The number of hydrogen-bond acceptors (Lipinski definition) is 9. The fourth-order valence-corrected chi connectivity index (χ4v) is 4.10. The van der Waals surface area contributed by atoms with Crippen LogP contribution in [0.1, 0.15) is 68.5 Å². The largest absolute Gasteiger partial charge is 0.478 e. The van der Waals surface area contributed by atoms with E-state index in [1.54, 1.807) is 36.4 Å². The van der Waals surface area contributed by atoms with Gasteiger partial charge >= 0.3 is 23.9 Å². The van der Waals surface area contributed by atoms with Crippen LogP contribution in [0.15, 0.2) is 97.1 Å². The maximum Gasteiger partial charge on any atom is 0.338 e. The lowest BCUT2D eigenvalue weighted by Crippen LogP contribution is -2.34. The molecule has 0 radical (unpaired) electrons. The standard InChI is InChI=1S/C33H28N2O10/c36-29(28-16-24(12-14-27(28)31(39)40)33(42)44-18-22-9-5-2-6-10-22)34-20-35-45-19-25-15-23(11-13-26(25)30(37)38)32(41)43-17-21-7-3-1-4-8-21/h1-16,35H,17-20H2,(H,34,36)(H,37,38)(H,39,40). The Hall–Kier alpha value is -5.85. The molecule has 4 aromatic rings. The molecule has 0 unspecified atom stereocenters. The molecule has 230 valence electrons. The van der Waals surface area contributed by atoms with E-state index >= 15 is 0 Å². The Morgan fingerprint density at radius 2 is 1.09 bits per heavy atom. The maximum absolute atomic E-state index is 12.8. The number of carboxylic acids is 2. The minimum atomic E-state index is -1.38.